The molecule has 0 atom stereocenters. The number of carbonyl (C=O) groups excluding carboxylic acids is 2. The zero-order valence-corrected chi connectivity index (χ0v) is 21.6. The van der Waals surface area contributed by atoms with E-state index in [1.807, 2.05) is 84.9 Å². The van der Waals surface area contributed by atoms with Crippen molar-refractivity contribution in [2.75, 3.05) is 0 Å². The van der Waals surface area contributed by atoms with Gasteiger partial charge < -0.3 is 4.74 Å². The minimum absolute atomic E-state index is 0.219. The van der Waals surface area contributed by atoms with E-state index in [9.17, 15) is 9.59 Å². The highest BCUT2D eigenvalue weighted by Crippen LogP contribution is 2.37. The van der Waals surface area contributed by atoms with E-state index in [0.29, 0.717) is 22.3 Å². The van der Waals surface area contributed by atoms with Crippen molar-refractivity contribution >= 4 is 67.3 Å². The van der Waals surface area contributed by atoms with Crippen LogP contribution in [0.4, 0.5) is 4.79 Å². The van der Waals surface area contributed by atoms with E-state index in [0.717, 1.165) is 43.7 Å². The Balaban J connectivity index is 1.47. The van der Waals surface area contributed by atoms with Crippen LogP contribution in [0.2, 0.25) is 5.02 Å². The Morgan fingerprint density at radius 1 is 0.914 bits per heavy atom. The smallest absolute Gasteiger partial charge is 0.293 e. The monoisotopic (exact) mass is 563 g/mol. The molecule has 0 aliphatic carbocycles. The quantitative estimate of drug-likeness (QED) is 0.222. The van der Waals surface area contributed by atoms with Gasteiger partial charge in [-0.05, 0) is 70.1 Å². The summed E-state index contributed by atoms with van der Waals surface area (Å²) >= 11 is 10.4. The SMILES string of the molecule is O=C1S/C(=C/c2c(OCc3ccc(Cl)cc3)ccc3ccccc23)C(=O)N1Cc1cccc(Br)c1. The molecule has 4 aromatic rings. The second kappa shape index (κ2) is 10.3. The average Bonchev–Trinajstić information content (AvgIpc) is 3.12. The van der Waals surface area contributed by atoms with Crippen LogP contribution in [0.3, 0.4) is 0 Å². The van der Waals surface area contributed by atoms with E-state index in [4.69, 9.17) is 16.3 Å². The van der Waals surface area contributed by atoms with Gasteiger partial charge in [0.2, 0.25) is 0 Å². The van der Waals surface area contributed by atoms with Crippen LogP contribution in [0.25, 0.3) is 16.8 Å². The van der Waals surface area contributed by atoms with E-state index >= 15 is 0 Å². The molecule has 0 unspecified atom stereocenters. The largest absolute Gasteiger partial charge is 0.488 e. The molecular weight excluding hydrogens is 546 g/mol. The molecule has 1 aliphatic heterocycles. The summed E-state index contributed by atoms with van der Waals surface area (Å²) in [5.41, 5.74) is 2.62. The fraction of sp³-hybridized carbons (Fsp3) is 0.0714. The van der Waals surface area contributed by atoms with Crippen molar-refractivity contribution in [1.29, 1.82) is 0 Å². The predicted octanol–water partition coefficient (Wildman–Crippen LogP) is 8.07. The number of hydrogen-bond donors (Lipinski definition) is 0. The molecule has 1 heterocycles. The third kappa shape index (κ3) is 5.30. The third-order valence-corrected chi connectivity index (χ3v) is 7.27. The number of carbonyl (C=O) groups is 2. The Labute approximate surface area is 220 Å². The second-order valence-corrected chi connectivity index (χ2v) is 10.4. The van der Waals surface area contributed by atoms with Crippen molar-refractivity contribution in [1.82, 2.24) is 4.90 Å². The average molecular weight is 565 g/mol. The number of hydrogen-bond acceptors (Lipinski definition) is 4. The molecule has 4 aromatic carbocycles. The standard InChI is InChI=1S/C28H19BrClNO3S/c29-21-6-3-4-19(14-21)16-31-27(32)26(35-28(31)33)15-24-23-7-2-1-5-20(23)10-13-25(24)34-17-18-8-11-22(30)12-9-18/h1-15H,16-17H2/b26-15+. The Bertz CT molecular complexity index is 1470. The summed E-state index contributed by atoms with van der Waals surface area (Å²) in [4.78, 5) is 27.6. The fourth-order valence-corrected chi connectivity index (χ4v) is 5.27. The summed E-state index contributed by atoms with van der Waals surface area (Å²) in [7, 11) is 0. The van der Waals surface area contributed by atoms with E-state index < -0.39 is 0 Å². The minimum atomic E-state index is -0.309. The predicted molar refractivity (Wildman–Crippen MR) is 145 cm³/mol. The molecule has 1 fully saturated rings. The zero-order valence-electron chi connectivity index (χ0n) is 18.4. The Morgan fingerprint density at radius 3 is 2.51 bits per heavy atom. The number of rotatable bonds is 6. The number of nitrogens with zero attached hydrogens (tertiary/aromatic N) is 1. The Hall–Kier alpha value is -3.06. The van der Waals surface area contributed by atoms with Crippen LogP contribution >= 0.6 is 39.3 Å². The summed E-state index contributed by atoms with van der Waals surface area (Å²) in [5, 5.41) is 2.34. The molecule has 0 radical (unpaired) electrons. The first-order valence-corrected chi connectivity index (χ1v) is 12.9. The maximum atomic E-state index is 13.2. The van der Waals surface area contributed by atoms with Gasteiger partial charge >= 0.3 is 0 Å². The van der Waals surface area contributed by atoms with Crippen molar-refractivity contribution < 1.29 is 14.3 Å². The van der Waals surface area contributed by atoms with Gasteiger partial charge in [0.25, 0.3) is 11.1 Å². The van der Waals surface area contributed by atoms with Gasteiger partial charge in [-0.25, -0.2) is 0 Å². The molecule has 0 bridgehead atoms. The molecule has 1 aliphatic rings. The summed E-state index contributed by atoms with van der Waals surface area (Å²) in [5.74, 6) is 0.328. The van der Waals surface area contributed by atoms with Crippen LogP contribution in [0.5, 0.6) is 5.75 Å². The Morgan fingerprint density at radius 2 is 1.71 bits per heavy atom. The van der Waals surface area contributed by atoms with Crippen LogP contribution in [-0.4, -0.2) is 16.0 Å². The molecule has 4 nitrogen and oxygen atoms in total. The Kier molecular flexibility index (Phi) is 6.95. The fourth-order valence-electron chi connectivity index (χ4n) is 3.88. The number of imide groups is 1. The van der Waals surface area contributed by atoms with Gasteiger partial charge in [0.1, 0.15) is 12.4 Å². The molecular formula is C28H19BrClNO3S. The van der Waals surface area contributed by atoms with E-state index in [1.54, 1.807) is 6.08 Å². The van der Waals surface area contributed by atoms with Gasteiger partial charge in [-0.15, -0.1) is 0 Å². The van der Waals surface area contributed by atoms with E-state index in [1.165, 1.54) is 4.90 Å². The lowest BCUT2D eigenvalue weighted by Gasteiger charge is -2.14. The third-order valence-electron chi connectivity index (χ3n) is 5.62. The van der Waals surface area contributed by atoms with Gasteiger partial charge in [-0.1, -0.05) is 82.1 Å². The molecule has 174 valence electrons. The number of thioether (sulfide) groups is 1. The van der Waals surface area contributed by atoms with Gasteiger partial charge in [-0.2, -0.15) is 0 Å². The lowest BCUT2D eigenvalue weighted by atomic mass is 10.0. The number of fused-ring (bicyclic) bond motifs is 1. The first-order chi connectivity index (χ1) is 17.0. The highest BCUT2D eigenvalue weighted by atomic mass is 79.9. The van der Waals surface area contributed by atoms with Gasteiger partial charge in [0.15, 0.2) is 0 Å². The molecule has 0 saturated carbocycles. The number of amides is 2. The number of ether oxygens (including phenoxy) is 1. The lowest BCUT2D eigenvalue weighted by Crippen LogP contribution is -2.27. The molecule has 2 amide bonds. The highest BCUT2D eigenvalue weighted by molar-refractivity contribution is 9.10. The van der Waals surface area contributed by atoms with Gasteiger partial charge in [0.05, 0.1) is 11.4 Å². The molecule has 1 saturated heterocycles. The van der Waals surface area contributed by atoms with Crippen molar-refractivity contribution in [3.8, 4) is 5.75 Å². The summed E-state index contributed by atoms with van der Waals surface area (Å²) in [6, 6.07) is 26.9. The summed E-state index contributed by atoms with van der Waals surface area (Å²) in [6.45, 7) is 0.567. The molecule has 35 heavy (non-hydrogen) atoms. The van der Waals surface area contributed by atoms with Crippen molar-refractivity contribution in [3.05, 3.63) is 116 Å². The summed E-state index contributed by atoms with van der Waals surface area (Å²) < 4.78 is 7.07. The number of benzene rings is 4. The lowest BCUT2D eigenvalue weighted by molar-refractivity contribution is -0.123. The van der Waals surface area contributed by atoms with Crippen molar-refractivity contribution in [3.63, 3.8) is 0 Å². The zero-order chi connectivity index (χ0) is 24.4. The second-order valence-electron chi connectivity index (χ2n) is 8.01. The number of halogens is 2. The van der Waals surface area contributed by atoms with Crippen LogP contribution in [0.1, 0.15) is 16.7 Å². The molecule has 0 N–H and O–H groups in total. The van der Waals surface area contributed by atoms with Crippen LogP contribution < -0.4 is 4.74 Å². The highest BCUT2D eigenvalue weighted by Gasteiger charge is 2.35. The van der Waals surface area contributed by atoms with Crippen LogP contribution in [0.15, 0.2) is 94.3 Å². The van der Waals surface area contributed by atoms with Crippen molar-refractivity contribution in [2.24, 2.45) is 0 Å². The normalized spacial score (nSPS) is 14.8. The minimum Gasteiger partial charge on any atom is -0.488 e. The molecule has 0 spiro atoms. The van der Waals surface area contributed by atoms with E-state index in [2.05, 4.69) is 15.9 Å². The van der Waals surface area contributed by atoms with Crippen molar-refractivity contribution in [2.45, 2.75) is 13.2 Å². The topological polar surface area (TPSA) is 46.6 Å². The molecule has 7 heteroatoms. The van der Waals surface area contributed by atoms with Crippen LogP contribution in [0, 0.1) is 0 Å². The van der Waals surface area contributed by atoms with E-state index in [-0.39, 0.29) is 17.7 Å². The maximum Gasteiger partial charge on any atom is 0.293 e. The first kappa shape index (κ1) is 23.7. The maximum absolute atomic E-state index is 13.2. The van der Waals surface area contributed by atoms with Crippen LogP contribution in [-0.2, 0) is 17.9 Å². The molecule has 5 rings (SSSR count). The van der Waals surface area contributed by atoms with Gasteiger partial charge in [0, 0.05) is 15.1 Å². The molecule has 0 aromatic heterocycles. The first-order valence-electron chi connectivity index (χ1n) is 10.9. The van der Waals surface area contributed by atoms with Gasteiger partial charge in [-0.3, -0.25) is 14.5 Å². The summed E-state index contributed by atoms with van der Waals surface area (Å²) in [6.07, 6.45) is 1.77.